The first-order chi connectivity index (χ1) is 12.7. The van der Waals surface area contributed by atoms with Crippen LogP contribution in [0.25, 0.3) is 0 Å². The molecule has 0 fully saturated rings. The van der Waals surface area contributed by atoms with Gasteiger partial charge in [0.25, 0.3) is 5.91 Å². The molecule has 0 unspecified atom stereocenters. The summed E-state index contributed by atoms with van der Waals surface area (Å²) < 4.78 is 24.9. The number of rotatable bonds is 4. The highest BCUT2D eigenvalue weighted by Crippen LogP contribution is 2.25. The maximum absolute atomic E-state index is 13.9. The van der Waals surface area contributed by atoms with Gasteiger partial charge in [0, 0.05) is 30.9 Å². The molecule has 0 atom stereocenters. The van der Waals surface area contributed by atoms with Crippen molar-refractivity contribution in [3.05, 3.63) is 71.4 Å². The molecular formula is C18H15FN4O3. The van der Waals surface area contributed by atoms with Gasteiger partial charge in [0.15, 0.2) is 5.82 Å². The van der Waals surface area contributed by atoms with Crippen LogP contribution in [0.2, 0.25) is 0 Å². The average Bonchev–Trinajstić information content (AvgIpc) is 3.09. The number of hydrogen-bond donors (Lipinski definition) is 0. The van der Waals surface area contributed by atoms with Crippen LogP contribution in [0.3, 0.4) is 0 Å². The zero-order valence-electron chi connectivity index (χ0n) is 13.8. The third-order valence-electron chi connectivity index (χ3n) is 4.21. The summed E-state index contributed by atoms with van der Waals surface area (Å²) in [6.45, 7) is 0.938. The van der Waals surface area contributed by atoms with Crippen LogP contribution < -0.4 is 4.74 Å². The molecule has 8 heteroatoms. The first-order valence-electron chi connectivity index (χ1n) is 8.10. The smallest absolute Gasteiger partial charge is 0.257 e. The second-order valence-corrected chi connectivity index (χ2v) is 5.84. The van der Waals surface area contributed by atoms with E-state index in [1.165, 1.54) is 12.3 Å². The molecule has 0 N–H and O–H groups in total. The van der Waals surface area contributed by atoms with Crippen molar-refractivity contribution in [2.75, 3.05) is 6.54 Å². The summed E-state index contributed by atoms with van der Waals surface area (Å²) in [6.07, 6.45) is 6.22. The van der Waals surface area contributed by atoms with E-state index in [0.29, 0.717) is 31.0 Å². The van der Waals surface area contributed by atoms with Crippen LogP contribution in [0, 0.1) is 5.82 Å². The maximum Gasteiger partial charge on any atom is 0.257 e. The van der Waals surface area contributed by atoms with E-state index >= 15 is 0 Å². The van der Waals surface area contributed by atoms with Crippen LogP contribution in [0.4, 0.5) is 4.39 Å². The summed E-state index contributed by atoms with van der Waals surface area (Å²) in [7, 11) is 0. The molecular weight excluding hydrogens is 339 g/mol. The Bertz CT molecular complexity index is 929. The number of carbonyl (C=O) groups excluding carboxylic acids is 1. The quantitative estimate of drug-likeness (QED) is 0.716. The monoisotopic (exact) mass is 354 g/mol. The molecule has 132 valence electrons. The van der Waals surface area contributed by atoms with Crippen LogP contribution in [0.5, 0.6) is 5.75 Å². The Morgan fingerprint density at radius 3 is 2.96 bits per heavy atom. The maximum atomic E-state index is 13.9. The number of carbonyl (C=O) groups is 1. The lowest BCUT2D eigenvalue weighted by Crippen LogP contribution is -2.36. The van der Waals surface area contributed by atoms with E-state index in [-0.39, 0.29) is 18.1 Å². The van der Waals surface area contributed by atoms with Gasteiger partial charge in [0.2, 0.25) is 0 Å². The topological polar surface area (TPSA) is 81.4 Å². The molecule has 26 heavy (non-hydrogen) atoms. The number of pyridine rings is 2. The van der Waals surface area contributed by atoms with Crippen molar-refractivity contribution >= 4 is 5.91 Å². The van der Waals surface area contributed by atoms with Gasteiger partial charge in [0.1, 0.15) is 23.8 Å². The molecule has 1 amide bonds. The van der Waals surface area contributed by atoms with Gasteiger partial charge in [0.05, 0.1) is 24.5 Å². The summed E-state index contributed by atoms with van der Waals surface area (Å²) in [5, 5.41) is 4.05. The summed E-state index contributed by atoms with van der Waals surface area (Å²) >= 11 is 0. The van der Waals surface area contributed by atoms with E-state index in [4.69, 9.17) is 9.26 Å². The summed E-state index contributed by atoms with van der Waals surface area (Å²) in [4.78, 5) is 21.8. The van der Waals surface area contributed by atoms with Gasteiger partial charge in [-0.25, -0.2) is 4.39 Å². The largest absolute Gasteiger partial charge is 0.486 e. The average molecular weight is 354 g/mol. The van der Waals surface area contributed by atoms with E-state index in [9.17, 15) is 9.18 Å². The molecule has 4 heterocycles. The first kappa shape index (κ1) is 16.2. The summed E-state index contributed by atoms with van der Waals surface area (Å²) in [5.74, 6) is 0.338. The minimum absolute atomic E-state index is 0.00747. The molecule has 0 bridgehead atoms. The fraction of sp³-hybridized carbons (Fsp3) is 0.222. The van der Waals surface area contributed by atoms with Gasteiger partial charge in [-0.3, -0.25) is 14.8 Å². The van der Waals surface area contributed by atoms with E-state index in [1.54, 1.807) is 29.4 Å². The van der Waals surface area contributed by atoms with Crippen LogP contribution in [0.15, 0.2) is 47.5 Å². The van der Waals surface area contributed by atoms with Gasteiger partial charge < -0.3 is 14.2 Å². The Hall–Kier alpha value is -3.29. The predicted molar refractivity (Wildman–Crippen MR) is 87.7 cm³/mol. The number of aromatic nitrogens is 3. The zero-order valence-corrected chi connectivity index (χ0v) is 13.8. The van der Waals surface area contributed by atoms with Crippen molar-refractivity contribution in [3.63, 3.8) is 0 Å². The highest BCUT2D eigenvalue weighted by Gasteiger charge is 2.28. The normalized spacial score (nSPS) is 13.3. The Labute approximate surface area is 148 Å². The zero-order chi connectivity index (χ0) is 17.9. The number of hydrogen-bond acceptors (Lipinski definition) is 6. The lowest BCUT2D eigenvalue weighted by molar-refractivity contribution is 0.0723. The molecule has 0 aromatic carbocycles. The molecule has 3 aromatic rings. The standard InChI is InChI=1S/C18H15FN4O3/c19-15-9-21-6-3-13(15)18(24)23-7-4-17-14(10-23)16(22-26-17)11-25-12-2-1-5-20-8-12/h1-3,5-6,8-9H,4,7,10-11H2. The molecule has 0 aliphatic carbocycles. The molecule has 1 aliphatic rings. The third kappa shape index (κ3) is 3.13. The van der Waals surface area contributed by atoms with Crippen LogP contribution in [0.1, 0.15) is 27.4 Å². The Balaban J connectivity index is 1.50. The molecule has 0 radical (unpaired) electrons. The Morgan fingerprint density at radius 1 is 1.27 bits per heavy atom. The van der Waals surface area contributed by atoms with Crippen LogP contribution in [-0.4, -0.2) is 32.5 Å². The molecule has 7 nitrogen and oxygen atoms in total. The predicted octanol–water partition coefficient (Wildman–Crippen LogP) is 2.38. The lowest BCUT2D eigenvalue weighted by Gasteiger charge is -2.26. The fourth-order valence-electron chi connectivity index (χ4n) is 2.85. The molecule has 0 saturated carbocycles. The molecule has 0 spiro atoms. The second-order valence-electron chi connectivity index (χ2n) is 5.84. The van der Waals surface area contributed by atoms with Gasteiger partial charge in [-0.1, -0.05) is 5.16 Å². The van der Waals surface area contributed by atoms with Gasteiger partial charge >= 0.3 is 0 Å². The number of fused-ring (bicyclic) bond motifs is 1. The van der Waals surface area contributed by atoms with Crippen molar-refractivity contribution in [2.45, 2.75) is 19.6 Å². The number of nitrogens with zero attached hydrogens (tertiary/aromatic N) is 4. The van der Waals surface area contributed by atoms with E-state index < -0.39 is 5.82 Å². The van der Waals surface area contributed by atoms with Crippen molar-refractivity contribution in [1.82, 2.24) is 20.0 Å². The van der Waals surface area contributed by atoms with Crippen molar-refractivity contribution < 1.29 is 18.4 Å². The molecule has 1 aliphatic heterocycles. The fourth-order valence-corrected chi connectivity index (χ4v) is 2.85. The SMILES string of the molecule is O=C(c1ccncc1F)N1CCc2onc(COc3cccnc3)c2C1. The lowest BCUT2D eigenvalue weighted by atomic mass is 10.0. The van der Waals surface area contributed by atoms with E-state index in [0.717, 1.165) is 17.5 Å². The van der Waals surface area contributed by atoms with Crippen molar-refractivity contribution in [3.8, 4) is 5.75 Å². The summed E-state index contributed by atoms with van der Waals surface area (Å²) in [5.41, 5.74) is 1.44. The highest BCUT2D eigenvalue weighted by molar-refractivity contribution is 5.94. The second kappa shape index (κ2) is 6.91. The van der Waals surface area contributed by atoms with Crippen LogP contribution in [-0.2, 0) is 19.6 Å². The molecule has 4 rings (SSSR count). The Kier molecular flexibility index (Phi) is 4.30. The van der Waals surface area contributed by atoms with E-state index in [2.05, 4.69) is 15.1 Å². The summed E-state index contributed by atoms with van der Waals surface area (Å²) in [6, 6.07) is 4.95. The van der Waals surface area contributed by atoms with Crippen molar-refractivity contribution in [1.29, 1.82) is 0 Å². The van der Waals surface area contributed by atoms with Crippen molar-refractivity contribution in [2.24, 2.45) is 0 Å². The van der Waals surface area contributed by atoms with Gasteiger partial charge in [-0.15, -0.1) is 0 Å². The molecule has 0 saturated heterocycles. The van der Waals surface area contributed by atoms with Gasteiger partial charge in [-0.2, -0.15) is 0 Å². The number of amides is 1. The number of ether oxygens (including phenoxy) is 1. The minimum atomic E-state index is -0.631. The molecule has 3 aromatic heterocycles. The van der Waals surface area contributed by atoms with Crippen LogP contribution >= 0.6 is 0 Å². The first-order valence-corrected chi connectivity index (χ1v) is 8.10. The Morgan fingerprint density at radius 2 is 2.15 bits per heavy atom. The van der Waals surface area contributed by atoms with E-state index in [1.807, 2.05) is 0 Å². The number of halogens is 1. The minimum Gasteiger partial charge on any atom is -0.486 e. The third-order valence-corrected chi connectivity index (χ3v) is 4.21. The van der Waals surface area contributed by atoms with Gasteiger partial charge in [-0.05, 0) is 18.2 Å². The highest BCUT2D eigenvalue weighted by atomic mass is 19.1.